The number of alkyl carbamates (subject to hydrolysis) is 1. The number of ether oxygens (including phenoxy) is 1. The highest BCUT2D eigenvalue weighted by Gasteiger charge is 2.15. The van der Waals surface area contributed by atoms with Gasteiger partial charge >= 0.3 is 6.09 Å². The van der Waals surface area contributed by atoms with E-state index in [4.69, 9.17) is 15.3 Å². The number of aliphatic hydroxyl groups excluding tert-OH is 1. The van der Waals surface area contributed by atoms with E-state index in [-0.39, 0.29) is 18.9 Å². The first-order chi connectivity index (χ1) is 5.85. The van der Waals surface area contributed by atoms with E-state index < -0.39 is 11.7 Å². The number of hydrogen-bond donors (Lipinski definition) is 3. The smallest absolute Gasteiger partial charge is 0.407 e. The quantitative estimate of drug-likeness (QED) is 0.565. The van der Waals surface area contributed by atoms with Crippen molar-refractivity contribution in [2.45, 2.75) is 26.4 Å². The Balaban J connectivity index is 3.71. The number of rotatable bonds is 3. The molecule has 0 aromatic rings. The molecule has 1 amide bonds. The summed E-state index contributed by atoms with van der Waals surface area (Å²) in [6, 6.07) is 0. The van der Waals surface area contributed by atoms with Crippen LogP contribution in [0.3, 0.4) is 0 Å². The summed E-state index contributed by atoms with van der Waals surface area (Å²) in [7, 11) is 0. The van der Waals surface area contributed by atoms with E-state index in [1.807, 2.05) is 0 Å². The molecular formula is C8H16N2O3. The van der Waals surface area contributed by atoms with Crippen LogP contribution in [-0.2, 0) is 4.74 Å². The Morgan fingerprint density at radius 3 is 2.46 bits per heavy atom. The van der Waals surface area contributed by atoms with Crippen LogP contribution >= 0.6 is 0 Å². The number of carbonyl (C=O) groups is 1. The molecule has 76 valence electrons. The van der Waals surface area contributed by atoms with E-state index in [0.717, 1.165) is 0 Å². The van der Waals surface area contributed by atoms with E-state index in [1.165, 1.54) is 0 Å². The minimum atomic E-state index is -0.578. The summed E-state index contributed by atoms with van der Waals surface area (Å²) in [4.78, 5) is 11.0. The molecule has 0 radical (unpaired) electrons. The van der Waals surface area contributed by atoms with Gasteiger partial charge in [-0.3, -0.25) is 0 Å². The first-order valence-electron chi connectivity index (χ1n) is 3.99. The molecule has 5 nitrogen and oxygen atoms in total. The number of carbonyl (C=O) groups excluding carboxylic acids is 1. The largest absolute Gasteiger partial charge is 0.444 e. The molecule has 0 unspecified atom stereocenters. The molecule has 0 aromatic carbocycles. The second-order valence-electron chi connectivity index (χ2n) is 3.62. The van der Waals surface area contributed by atoms with Gasteiger partial charge in [-0.1, -0.05) is 0 Å². The second-order valence-corrected chi connectivity index (χ2v) is 3.62. The molecule has 0 aliphatic heterocycles. The first-order valence-corrected chi connectivity index (χ1v) is 3.99. The third-order valence-corrected chi connectivity index (χ3v) is 1.04. The van der Waals surface area contributed by atoms with Gasteiger partial charge in [-0.2, -0.15) is 0 Å². The molecule has 0 fully saturated rings. The molecule has 0 atom stereocenters. The highest BCUT2D eigenvalue weighted by Crippen LogP contribution is 2.05. The molecule has 0 bridgehead atoms. The van der Waals surface area contributed by atoms with Gasteiger partial charge in [-0.25, -0.2) is 4.79 Å². The fourth-order valence-corrected chi connectivity index (χ4v) is 0.549. The minimum absolute atomic E-state index is 0.0193. The molecule has 0 saturated heterocycles. The predicted octanol–water partition coefficient (Wildman–Crippen LogP) is 0.523. The van der Waals surface area contributed by atoms with Gasteiger partial charge < -0.3 is 20.6 Å². The number of hydrogen-bond acceptors (Lipinski definition) is 4. The molecule has 13 heavy (non-hydrogen) atoms. The normalized spacial score (nSPS) is 10.8. The van der Waals surface area contributed by atoms with Crippen molar-refractivity contribution in [1.29, 1.82) is 5.41 Å². The standard InChI is InChI=1S/C8H16N2O3/c1-8(2,3)13-7(12)10-4-6(9)5-11/h9,11H,4-5H2,1-3H3,(H,10,12). The van der Waals surface area contributed by atoms with Crippen LogP contribution in [0, 0.1) is 5.41 Å². The fraction of sp³-hybridized carbons (Fsp3) is 0.750. The van der Waals surface area contributed by atoms with Gasteiger partial charge in [0.1, 0.15) is 5.60 Å². The lowest BCUT2D eigenvalue weighted by molar-refractivity contribution is 0.0535. The van der Waals surface area contributed by atoms with Gasteiger partial charge in [-0.05, 0) is 20.8 Å². The van der Waals surface area contributed by atoms with Gasteiger partial charge in [0, 0.05) is 0 Å². The average molecular weight is 188 g/mol. The molecule has 0 aliphatic rings. The third kappa shape index (κ3) is 7.27. The van der Waals surface area contributed by atoms with E-state index in [9.17, 15) is 4.79 Å². The summed E-state index contributed by atoms with van der Waals surface area (Å²) >= 11 is 0. The van der Waals surface area contributed by atoms with Gasteiger partial charge in [0.05, 0.1) is 18.9 Å². The molecule has 0 aliphatic carbocycles. The summed E-state index contributed by atoms with van der Waals surface area (Å²) in [6.45, 7) is 4.93. The van der Waals surface area contributed by atoms with E-state index in [2.05, 4.69) is 5.32 Å². The topological polar surface area (TPSA) is 82.4 Å². The Bertz CT molecular complexity index is 196. The van der Waals surface area contributed by atoms with Gasteiger partial charge in [0.15, 0.2) is 0 Å². The van der Waals surface area contributed by atoms with Crippen molar-refractivity contribution < 1.29 is 14.6 Å². The van der Waals surface area contributed by atoms with Gasteiger partial charge in [0.2, 0.25) is 0 Å². The Morgan fingerprint density at radius 1 is 1.54 bits per heavy atom. The van der Waals surface area contributed by atoms with Crippen LogP contribution in [0.15, 0.2) is 0 Å². The van der Waals surface area contributed by atoms with Crippen molar-refractivity contribution in [1.82, 2.24) is 5.32 Å². The highest BCUT2D eigenvalue weighted by molar-refractivity contribution is 5.87. The van der Waals surface area contributed by atoms with E-state index in [1.54, 1.807) is 20.8 Å². The predicted molar refractivity (Wildman–Crippen MR) is 49.0 cm³/mol. The number of nitrogens with one attached hydrogen (secondary N) is 2. The Morgan fingerprint density at radius 2 is 2.08 bits per heavy atom. The lowest BCUT2D eigenvalue weighted by Gasteiger charge is -2.19. The maximum Gasteiger partial charge on any atom is 0.407 e. The van der Waals surface area contributed by atoms with Crippen LogP contribution in [0.5, 0.6) is 0 Å². The molecule has 0 heterocycles. The maximum atomic E-state index is 11.0. The van der Waals surface area contributed by atoms with Crippen molar-refractivity contribution in [2.75, 3.05) is 13.2 Å². The molecule has 0 aromatic heterocycles. The SMILES string of the molecule is CC(C)(C)OC(=O)NCC(=N)CO. The summed E-state index contributed by atoms with van der Waals surface area (Å²) < 4.78 is 4.90. The van der Waals surface area contributed by atoms with Crippen LogP contribution in [0.25, 0.3) is 0 Å². The monoisotopic (exact) mass is 188 g/mol. The number of aliphatic hydroxyl groups is 1. The maximum absolute atomic E-state index is 11.0. The molecule has 0 saturated carbocycles. The van der Waals surface area contributed by atoms with Crippen molar-refractivity contribution >= 4 is 11.8 Å². The summed E-state index contributed by atoms with van der Waals surface area (Å²) in [5.41, 5.74) is -0.489. The van der Waals surface area contributed by atoms with Crippen molar-refractivity contribution in [3.8, 4) is 0 Å². The first kappa shape index (κ1) is 11.9. The van der Waals surface area contributed by atoms with Crippen LogP contribution in [0.2, 0.25) is 0 Å². The summed E-state index contributed by atoms with van der Waals surface area (Å²) in [5.74, 6) is 0. The Hall–Kier alpha value is -1.10. The molecule has 5 heteroatoms. The highest BCUT2D eigenvalue weighted by atomic mass is 16.6. The zero-order valence-corrected chi connectivity index (χ0v) is 8.18. The average Bonchev–Trinajstić information content (AvgIpc) is 1.97. The van der Waals surface area contributed by atoms with Crippen LogP contribution < -0.4 is 5.32 Å². The zero-order valence-electron chi connectivity index (χ0n) is 8.18. The van der Waals surface area contributed by atoms with Crippen molar-refractivity contribution in [3.05, 3.63) is 0 Å². The van der Waals surface area contributed by atoms with Crippen LogP contribution in [0.1, 0.15) is 20.8 Å². The summed E-state index contributed by atoms with van der Waals surface area (Å²) in [6.07, 6.45) is -0.578. The molecule has 3 N–H and O–H groups in total. The number of amides is 1. The van der Waals surface area contributed by atoms with Crippen molar-refractivity contribution in [2.24, 2.45) is 0 Å². The van der Waals surface area contributed by atoms with Crippen molar-refractivity contribution in [3.63, 3.8) is 0 Å². The minimum Gasteiger partial charge on any atom is -0.444 e. The fourth-order valence-electron chi connectivity index (χ4n) is 0.549. The molecule has 0 spiro atoms. The van der Waals surface area contributed by atoms with Crippen LogP contribution in [-0.4, -0.2) is 35.7 Å². The zero-order chi connectivity index (χ0) is 10.5. The third-order valence-electron chi connectivity index (χ3n) is 1.04. The lowest BCUT2D eigenvalue weighted by atomic mass is 10.2. The Labute approximate surface area is 77.6 Å². The van der Waals surface area contributed by atoms with E-state index in [0.29, 0.717) is 0 Å². The molecule has 0 rings (SSSR count). The van der Waals surface area contributed by atoms with E-state index >= 15 is 0 Å². The molecular weight excluding hydrogens is 172 g/mol. The van der Waals surface area contributed by atoms with Crippen LogP contribution in [0.4, 0.5) is 4.79 Å². The summed E-state index contributed by atoms with van der Waals surface area (Å²) in [5, 5.41) is 17.8. The van der Waals surface area contributed by atoms with Gasteiger partial charge in [0.25, 0.3) is 0 Å². The Kier molecular flexibility index (Phi) is 4.40. The second kappa shape index (κ2) is 4.81. The van der Waals surface area contributed by atoms with Gasteiger partial charge in [-0.15, -0.1) is 0 Å². The lowest BCUT2D eigenvalue weighted by Crippen LogP contribution is -2.35.